The van der Waals surface area contributed by atoms with Crippen LogP contribution in [0.1, 0.15) is 28.0 Å². The van der Waals surface area contributed by atoms with Gasteiger partial charge < -0.3 is 9.09 Å². The maximum atomic E-state index is 5.48. The lowest BCUT2D eigenvalue weighted by Gasteiger charge is -2.06. The second kappa shape index (κ2) is 6.69. The zero-order valence-electron chi connectivity index (χ0n) is 14.5. The van der Waals surface area contributed by atoms with Crippen molar-refractivity contribution in [2.45, 2.75) is 19.1 Å². The second-order valence-corrected chi connectivity index (χ2v) is 7.56. The fourth-order valence-corrected chi connectivity index (χ4v) is 3.81. The van der Waals surface area contributed by atoms with Crippen molar-refractivity contribution in [2.75, 3.05) is 0 Å². The molecule has 0 spiro atoms. The number of hydrogen-bond donors (Lipinski definition) is 1. The van der Waals surface area contributed by atoms with Crippen molar-refractivity contribution >= 4 is 24.0 Å². The summed E-state index contributed by atoms with van der Waals surface area (Å²) in [4.78, 5) is 5.59. The van der Waals surface area contributed by atoms with Crippen LogP contribution in [0.2, 0.25) is 0 Å². The Labute approximate surface area is 160 Å². The van der Waals surface area contributed by atoms with Crippen LogP contribution in [0, 0.1) is 13.8 Å². The number of nitrogens with zero attached hydrogens (tertiary/aromatic N) is 5. The molecular formula is C18H17N5OS2. The van der Waals surface area contributed by atoms with Crippen molar-refractivity contribution in [3.8, 4) is 22.2 Å². The molecule has 3 heterocycles. The average molecular weight is 384 g/mol. The summed E-state index contributed by atoms with van der Waals surface area (Å²) in [7, 11) is 1.92. The Kier molecular flexibility index (Phi) is 4.37. The van der Waals surface area contributed by atoms with E-state index >= 15 is 0 Å². The van der Waals surface area contributed by atoms with Gasteiger partial charge in [0.05, 0.1) is 4.88 Å². The molecule has 0 aliphatic carbocycles. The first-order valence-electron chi connectivity index (χ1n) is 8.07. The molecule has 4 rings (SSSR count). The third-order valence-electron chi connectivity index (χ3n) is 4.20. The predicted molar refractivity (Wildman–Crippen MR) is 104 cm³/mol. The lowest BCUT2D eigenvalue weighted by Crippen LogP contribution is -2.05. The lowest BCUT2D eigenvalue weighted by atomic mass is 10.1. The molecular weight excluding hydrogens is 366 g/mol. The van der Waals surface area contributed by atoms with Gasteiger partial charge in [0.15, 0.2) is 17.5 Å². The van der Waals surface area contributed by atoms with Gasteiger partial charge in [-0.25, -0.2) is 0 Å². The molecule has 6 nitrogen and oxygen atoms in total. The van der Waals surface area contributed by atoms with Crippen LogP contribution in [-0.4, -0.2) is 24.9 Å². The SMILES string of the molecule is Cc1ccc(C)c(-c2nc(C(S)c3nnc(-c4cccs4)n3C)no2)c1. The van der Waals surface area contributed by atoms with Gasteiger partial charge in [-0.1, -0.05) is 28.9 Å². The van der Waals surface area contributed by atoms with E-state index in [1.165, 1.54) is 0 Å². The molecule has 0 fully saturated rings. The van der Waals surface area contributed by atoms with Crippen LogP contribution < -0.4 is 0 Å². The molecule has 0 aliphatic heterocycles. The van der Waals surface area contributed by atoms with Crippen molar-refractivity contribution in [3.63, 3.8) is 0 Å². The molecule has 0 amide bonds. The Hall–Kier alpha value is -2.45. The van der Waals surface area contributed by atoms with Crippen molar-refractivity contribution in [1.29, 1.82) is 0 Å². The van der Waals surface area contributed by atoms with Gasteiger partial charge in [-0.15, -0.1) is 21.5 Å². The van der Waals surface area contributed by atoms with E-state index in [0.29, 0.717) is 17.5 Å². The van der Waals surface area contributed by atoms with E-state index in [9.17, 15) is 0 Å². The highest BCUT2D eigenvalue weighted by molar-refractivity contribution is 7.80. The number of thiol groups is 1. The molecule has 0 saturated carbocycles. The molecule has 1 atom stereocenters. The topological polar surface area (TPSA) is 69.6 Å². The minimum Gasteiger partial charge on any atom is -0.334 e. The van der Waals surface area contributed by atoms with Gasteiger partial charge in [0, 0.05) is 12.6 Å². The van der Waals surface area contributed by atoms with Crippen molar-refractivity contribution in [1.82, 2.24) is 24.9 Å². The zero-order valence-corrected chi connectivity index (χ0v) is 16.3. The first-order valence-corrected chi connectivity index (χ1v) is 9.46. The largest absolute Gasteiger partial charge is 0.334 e. The smallest absolute Gasteiger partial charge is 0.258 e. The third-order valence-corrected chi connectivity index (χ3v) is 5.53. The maximum Gasteiger partial charge on any atom is 0.258 e. The highest BCUT2D eigenvalue weighted by Gasteiger charge is 2.24. The molecule has 132 valence electrons. The molecule has 1 unspecified atom stereocenters. The Balaban J connectivity index is 1.67. The highest BCUT2D eigenvalue weighted by atomic mass is 32.1. The second-order valence-electron chi connectivity index (χ2n) is 6.10. The summed E-state index contributed by atoms with van der Waals surface area (Å²) in [6, 6.07) is 10.1. The van der Waals surface area contributed by atoms with Crippen LogP contribution in [0.15, 0.2) is 40.2 Å². The minimum atomic E-state index is -0.427. The predicted octanol–water partition coefficient (Wildman–Crippen LogP) is 4.23. The van der Waals surface area contributed by atoms with Gasteiger partial charge >= 0.3 is 0 Å². The maximum absolute atomic E-state index is 5.48. The number of hydrogen-bond acceptors (Lipinski definition) is 7. The van der Waals surface area contributed by atoms with Crippen LogP contribution in [0.3, 0.4) is 0 Å². The van der Waals surface area contributed by atoms with Crippen molar-refractivity contribution in [3.05, 3.63) is 58.5 Å². The van der Waals surface area contributed by atoms with Crippen LogP contribution >= 0.6 is 24.0 Å². The van der Waals surface area contributed by atoms with Crippen LogP contribution in [-0.2, 0) is 7.05 Å². The van der Waals surface area contributed by atoms with Gasteiger partial charge in [-0.05, 0) is 36.9 Å². The highest BCUT2D eigenvalue weighted by Crippen LogP contribution is 2.31. The fraction of sp³-hybridized carbons (Fsp3) is 0.222. The van der Waals surface area contributed by atoms with E-state index in [-0.39, 0.29) is 0 Å². The molecule has 4 aromatic rings. The van der Waals surface area contributed by atoms with Gasteiger partial charge in [0.2, 0.25) is 0 Å². The Bertz CT molecular complexity index is 1050. The lowest BCUT2D eigenvalue weighted by molar-refractivity contribution is 0.422. The van der Waals surface area contributed by atoms with E-state index in [2.05, 4.69) is 39.0 Å². The molecule has 1 aromatic carbocycles. The Morgan fingerprint density at radius 3 is 2.81 bits per heavy atom. The Morgan fingerprint density at radius 1 is 1.19 bits per heavy atom. The minimum absolute atomic E-state index is 0.427. The summed E-state index contributed by atoms with van der Waals surface area (Å²) in [5.41, 5.74) is 3.16. The molecule has 0 aliphatic rings. The number of benzene rings is 1. The summed E-state index contributed by atoms with van der Waals surface area (Å²) >= 11 is 6.27. The summed E-state index contributed by atoms with van der Waals surface area (Å²) in [6.45, 7) is 4.06. The van der Waals surface area contributed by atoms with E-state index < -0.39 is 5.25 Å². The van der Waals surface area contributed by atoms with E-state index in [0.717, 1.165) is 27.4 Å². The molecule has 0 saturated heterocycles. The van der Waals surface area contributed by atoms with Crippen molar-refractivity contribution < 1.29 is 4.52 Å². The number of aryl methyl sites for hydroxylation is 2. The van der Waals surface area contributed by atoms with E-state index in [1.54, 1.807) is 11.3 Å². The standard InChI is InChI=1S/C18H17N5OS2/c1-10-6-7-11(2)12(9-10)18-19-15(22-24-18)14(25)17-21-20-16(23(17)3)13-5-4-8-26-13/h4-9,14,25H,1-3H3. The Morgan fingerprint density at radius 2 is 2.04 bits per heavy atom. The first kappa shape index (κ1) is 17.0. The molecule has 26 heavy (non-hydrogen) atoms. The van der Waals surface area contributed by atoms with Crippen LogP contribution in [0.4, 0.5) is 0 Å². The third kappa shape index (κ3) is 2.95. The van der Waals surface area contributed by atoms with Gasteiger partial charge in [-0.2, -0.15) is 17.6 Å². The summed E-state index contributed by atoms with van der Waals surface area (Å²) in [5, 5.41) is 14.3. The van der Waals surface area contributed by atoms with Gasteiger partial charge in [0.1, 0.15) is 5.25 Å². The van der Waals surface area contributed by atoms with Gasteiger partial charge in [-0.3, -0.25) is 0 Å². The fourth-order valence-electron chi connectivity index (χ4n) is 2.74. The molecule has 0 bridgehead atoms. The molecule has 0 radical (unpaired) electrons. The monoisotopic (exact) mass is 383 g/mol. The van der Waals surface area contributed by atoms with Crippen LogP contribution in [0.5, 0.6) is 0 Å². The van der Waals surface area contributed by atoms with Crippen LogP contribution in [0.25, 0.3) is 22.2 Å². The summed E-state index contributed by atoms with van der Waals surface area (Å²) < 4.78 is 7.40. The van der Waals surface area contributed by atoms with Gasteiger partial charge in [0.25, 0.3) is 5.89 Å². The summed E-state index contributed by atoms with van der Waals surface area (Å²) in [5.74, 6) is 2.43. The normalized spacial score (nSPS) is 12.5. The summed E-state index contributed by atoms with van der Waals surface area (Å²) in [6.07, 6.45) is 0. The number of thiophene rings is 1. The molecule has 3 aromatic heterocycles. The molecule has 8 heteroatoms. The average Bonchev–Trinajstić information content (AvgIpc) is 3.36. The number of aromatic nitrogens is 5. The van der Waals surface area contributed by atoms with E-state index in [4.69, 9.17) is 4.52 Å². The molecule has 0 N–H and O–H groups in total. The number of rotatable bonds is 4. The first-order chi connectivity index (χ1) is 12.5. The van der Waals surface area contributed by atoms with E-state index in [1.807, 2.05) is 55.1 Å². The van der Waals surface area contributed by atoms with Crippen molar-refractivity contribution in [2.24, 2.45) is 7.05 Å². The zero-order chi connectivity index (χ0) is 18.3. The quantitative estimate of drug-likeness (QED) is 0.534.